The van der Waals surface area contributed by atoms with E-state index in [9.17, 15) is 0 Å². The summed E-state index contributed by atoms with van der Waals surface area (Å²) in [6.45, 7) is 3.19. The van der Waals surface area contributed by atoms with Gasteiger partial charge >= 0.3 is 0 Å². The van der Waals surface area contributed by atoms with E-state index in [1.165, 1.54) is 5.56 Å². The van der Waals surface area contributed by atoms with Gasteiger partial charge in [-0.2, -0.15) is 0 Å². The van der Waals surface area contributed by atoms with Crippen LogP contribution in [0.25, 0.3) is 0 Å². The molecule has 1 aromatic heterocycles. The molecule has 0 aliphatic carbocycles. The average molecular weight is 369 g/mol. The molecule has 0 bridgehead atoms. The predicted molar refractivity (Wildman–Crippen MR) is 105 cm³/mol. The van der Waals surface area contributed by atoms with E-state index in [4.69, 9.17) is 21.1 Å². The molecule has 26 heavy (non-hydrogen) atoms. The first-order chi connectivity index (χ1) is 12.6. The second kappa shape index (κ2) is 8.59. The van der Waals surface area contributed by atoms with Crippen molar-refractivity contribution in [2.24, 2.45) is 0 Å². The van der Waals surface area contributed by atoms with Gasteiger partial charge in [0.05, 0.1) is 7.11 Å². The van der Waals surface area contributed by atoms with Crippen LogP contribution in [0.15, 0.2) is 60.8 Å². The standard InChI is InChI=1S/C21H21ClN2O2/c1-15-3-7-18(8-4-15)23-12-16-5-9-19(20(11-16)25-2)26-14-17-6-10-21(22)24-13-17/h3-11,13,23H,12,14H2,1-2H3. The van der Waals surface area contributed by atoms with Crippen LogP contribution in [-0.2, 0) is 13.2 Å². The number of pyridine rings is 1. The van der Waals surface area contributed by atoms with E-state index in [1.54, 1.807) is 19.4 Å². The molecule has 4 nitrogen and oxygen atoms in total. The minimum Gasteiger partial charge on any atom is -0.493 e. The van der Waals surface area contributed by atoms with Crippen LogP contribution in [0.5, 0.6) is 11.5 Å². The fraction of sp³-hybridized carbons (Fsp3) is 0.190. The molecular weight excluding hydrogens is 348 g/mol. The zero-order chi connectivity index (χ0) is 18.4. The molecule has 0 amide bonds. The molecule has 0 saturated carbocycles. The number of anilines is 1. The minimum absolute atomic E-state index is 0.404. The molecule has 0 saturated heterocycles. The van der Waals surface area contributed by atoms with Crippen LogP contribution in [0, 0.1) is 6.92 Å². The monoisotopic (exact) mass is 368 g/mol. The molecule has 0 aliphatic heterocycles. The summed E-state index contributed by atoms with van der Waals surface area (Å²) in [5, 5.41) is 3.87. The molecule has 0 aliphatic rings. The van der Waals surface area contributed by atoms with Crippen molar-refractivity contribution in [1.29, 1.82) is 0 Å². The predicted octanol–water partition coefficient (Wildman–Crippen LogP) is 5.24. The lowest BCUT2D eigenvalue weighted by atomic mass is 10.2. The highest BCUT2D eigenvalue weighted by Crippen LogP contribution is 2.29. The van der Waals surface area contributed by atoms with Gasteiger partial charge in [-0.05, 0) is 42.8 Å². The van der Waals surface area contributed by atoms with E-state index in [0.717, 1.165) is 16.8 Å². The highest BCUT2D eigenvalue weighted by atomic mass is 35.5. The zero-order valence-corrected chi connectivity index (χ0v) is 15.6. The Hall–Kier alpha value is -2.72. The molecule has 5 heteroatoms. The summed E-state index contributed by atoms with van der Waals surface area (Å²) in [7, 11) is 1.64. The van der Waals surface area contributed by atoms with Gasteiger partial charge in [0.15, 0.2) is 11.5 Å². The van der Waals surface area contributed by atoms with Gasteiger partial charge < -0.3 is 14.8 Å². The molecule has 2 aromatic carbocycles. The number of halogens is 1. The van der Waals surface area contributed by atoms with Crippen molar-refractivity contribution in [2.75, 3.05) is 12.4 Å². The number of nitrogens with one attached hydrogen (secondary N) is 1. The smallest absolute Gasteiger partial charge is 0.161 e. The van der Waals surface area contributed by atoms with Gasteiger partial charge in [0.25, 0.3) is 0 Å². The number of hydrogen-bond acceptors (Lipinski definition) is 4. The van der Waals surface area contributed by atoms with Gasteiger partial charge in [-0.1, -0.05) is 41.4 Å². The first-order valence-corrected chi connectivity index (χ1v) is 8.72. The number of methoxy groups -OCH3 is 1. The maximum Gasteiger partial charge on any atom is 0.161 e. The number of aryl methyl sites for hydroxylation is 1. The molecule has 3 rings (SSSR count). The Labute approximate surface area is 158 Å². The summed E-state index contributed by atoms with van der Waals surface area (Å²) in [6.07, 6.45) is 1.70. The second-order valence-corrected chi connectivity index (χ2v) is 6.37. The molecular formula is C21H21ClN2O2. The van der Waals surface area contributed by atoms with Crippen LogP contribution in [0.3, 0.4) is 0 Å². The Morgan fingerprint density at radius 3 is 2.42 bits per heavy atom. The third kappa shape index (κ3) is 4.90. The van der Waals surface area contributed by atoms with Crippen LogP contribution in [0.4, 0.5) is 5.69 Å². The summed E-state index contributed by atoms with van der Waals surface area (Å²) in [5.74, 6) is 1.40. The number of nitrogens with zero attached hydrogens (tertiary/aromatic N) is 1. The van der Waals surface area contributed by atoms with Gasteiger partial charge in [0, 0.05) is 24.0 Å². The molecule has 1 N–H and O–H groups in total. The SMILES string of the molecule is COc1cc(CNc2ccc(C)cc2)ccc1OCc1ccc(Cl)nc1. The van der Waals surface area contributed by atoms with Crippen molar-refractivity contribution in [1.82, 2.24) is 4.98 Å². The molecule has 0 fully saturated rings. The van der Waals surface area contributed by atoms with Gasteiger partial charge in [-0.15, -0.1) is 0 Å². The Kier molecular flexibility index (Phi) is 5.97. The number of ether oxygens (including phenoxy) is 2. The van der Waals surface area contributed by atoms with Crippen LogP contribution >= 0.6 is 11.6 Å². The first-order valence-electron chi connectivity index (χ1n) is 8.35. The van der Waals surface area contributed by atoms with Gasteiger partial charge in [0.2, 0.25) is 0 Å². The summed E-state index contributed by atoms with van der Waals surface area (Å²) in [5.41, 5.74) is 4.39. The zero-order valence-electron chi connectivity index (χ0n) is 14.8. The third-order valence-corrected chi connectivity index (χ3v) is 4.18. The van der Waals surface area contributed by atoms with E-state index < -0.39 is 0 Å². The fourth-order valence-electron chi connectivity index (χ4n) is 2.47. The van der Waals surface area contributed by atoms with E-state index in [0.29, 0.717) is 29.8 Å². The number of hydrogen-bond donors (Lipinski definition) is 1. The van der Waals surface area contributed by atoms with Crippen LogP contribution in [0.1, 0.15) is 16.7 Å². The van der Waals surface area contributed by atoms with Crippen molar-refractivity contribution < 1.29 is 9.47 Å². The van der Waals surface area contributed by atoms with E-state index in [-0.39, 0.29) is 0 Å². The van der Waals surface area contributed by atoms with Gasteiger partial charge in [-0.25, -0.2) is 4.98 Å². The molecule has 1 heterocycles. The van der Waals surface area contributed by atoms with E-state index in [2.05, 4.69) is 41.5 Å². The van der Waals surface area contributed by atoms with E-state index in [1.807, 2.05) is 24.3 Å². The Morgan fingerprint density at radius 2 is 1.73 bits per heavy atom. The highest BCUT2D eigenvalue weighted by Gasteiger charge is 2.07. The number of benzene rings is 2. The molecule has 0 unspecified atom stereocenters. The Bertz CT molecular complexity index is 849. The van der Waals surface area contributed by atoms with Crippen molar-refractivity contribution >= 4 is 17.3 Å². The second-order valence-electron chi connectivity index (χ2n) is 5.98. The maximum absolute atomic E-state index is 5.86. The van der Waals surface area contributed by atoms with Gasteiger partial charge in [-0.3, -0.25) is 0 Å². The maximum atomic E-state index is 5.86. The number of rotatable bonds is 7. The lowest BCUT2D eigenvalue weighted by Gasteiger charge is -2.13. The lowest BCUT2D eigenvalue weighted by molar-refractivity contribution is 0.284. The summed E-state index contributed by atoms with van der Waals surface area (Å²) in [4.78, 5) is 4.05. The van der Waals surface area contributed by atoms with Crippen LogP contribution in [-0.4, -0.2) is 12.1 Å². The number of aromatic nitrogens is 1. The summed E-state index contributed by atoms with van der Waals surface area (Å²) >= 11 is 5.80. The molecule has 134 valence electrons. The summed E-state index contributed by atoms with van der Waals surface area (Å²) in [6, 6.07) is 17.9. The van der Waals surface area contributed by atoms with Crippen LogP contribution < -0.4 is 14.8 Å². The molecule has 0 atom stereocenters. The molecule has 0 spiro atoms. The van der Waals surface area contributed by atoms with Crippen LogP contribution in [0.2, 0.25) is 5.15 Å². The fourth-order valence-corrected chi connectivity index (χ4v) is 2.58. The lowest BCUT2D eigenvalue weighted by Crippen LogP contribution is -2.02. The normalized spacial score (nSPS) is 10.4. The Balaban J connectivity index is 1.63. The first kappa shape index (κ1) is 18.1. The largest absolute Gasteiger partial charge is 0.493 e. The highest BCUT2D eigenvalue weighted by molar-refractivity contribution is 6.29. The topological polar surface area (TPSA) is 43.4 Å². The van der Waals surface area contributed by atoms with Crippen molar-refractivity contribution in [3.05, 3.63) is 82.6 Å². The molecule has 3 aromatic rings. The van der Waals surface area contributed by atoms with Crippen molar-refractivity contribution in [2.45, 2.75) is 20.1 Å². The molecule has 0 radical (unpaired) electrons. The van der Waals surface area contributed by atoms with Gasteiger partial charge in [0.1, 0.15) is 11.8 Å². The third-order valence-electron chi connectivity index (χ3n) is 3.96. The van der Waals surface area contributed by atoms with Crippen molar-refractivity contribution in [3.8, 4) is 11.5 Å². The van der Waals surface area contributed by atoms with Crippen molar-refractivity contribution in [3.63, 3.8) is 0 Å². The minimum atomic E-state index is 0.404. The quantitative estimate of drug-likeness (QED) is 0.579. The average Bonchev–Trinajstić information content (AvgIpc) is 2.67. The van der Waals surface area contributed by atoms with E-state index >= 15 is 0 Å². The summed E-state index contributed by atoms with van der Waals surface area (Å²) < 4.78 is 11.3. The Morgan fingerprint density at radius 1 is 0.962 bits per heavy atom.